The quantitative estimate of drug-likeness (QED) is 0.786. The summed E-state index contributed by atoms with van der Waals surface area (Å²) < 4.78 is 17.0. The lowest BCUT2D eigenvalue weighted by molar-refractivity contribution is 0.0674. The second kappa shape index (κ2) is 6.50. The highest BCUT2D eigenvalue weighted by Gasteiger charge is 2.33. The van der Waals surface area contributed by atoms with Gasteiger partial charge in [-0.1, -0.05) is 12.1 Å². The van der Waals surface area contributed by atoms with E-state index in [1.807, 2.05) is 30.3 Å². The van der Waals surface area contributed by atoms with Crippen molar-refractivity contribution in [3.05, 3.63) is 58.8 Å². The van der Waals surface area contributed by atoms with Crippen molar-refractivity contribution in [2.45, 2.75) is 26.4 Å². The summed E-state index contributed by atoms with van der Waals surface area (Å²) in [6.07, 6.45) is 1.76. The Morgan fingerprint density at radius 2 is 1.92 bits per heavy atom. The minimum Gasteiger partial charge on any atom is -0.497 e. The average molecular weight is 351 g/mol. The summed E-state index contributed by atoms with van der Waals surface area (Å²) >= 11 is 0. The number of methoxy groups -OCH3 is 1. The zero-order chi connectivity index (χ0) is 18.3. The lowest BCUT2D eigenvalue weighted by atomic mass is 10.0. The molecule has 0 atom stereocenters. The molecule has 0 N–H and O–H groups in total. The monoisotopic (exact) mass is 351 g/mol. The Morgan fingerprint density at radius 3 is 2.62 bits per heavy atom. The van der Waals surface area contributed by atoms with Gasteiger partial charge in [-0.2, -0.15) is 0 Å². The minimum absolute atomic E-state index is 0.0970. The minimum atomic E-state index is -0.0970. The molecule has 0 bridgehead atoms. The summed E-state index contributed by atoms with van der Waals surface area (Å²) in [6.45, 7) is 5.50. The van der Waals surface area contributed by atoms with Gasteiger partial charge in [-0.3, -0.25) is 9.69 Å². The summed E-state index contributed by atoms with van der Waals surface area (Å²) in [7, 11) is 1.62. The van der Waals surface area contributed by atoms with E-state index in [9.17, 15) is 4.79 Å². The van der Waals surface area contributed by atoms with Crippen molar-refractivity contribution < 1.29 is 19.0 Å². The fourth-order valence-corrected chi connectivity index (χ4v) is 3.16. The molecule has 2 aromatic rings. The lowest BCUT2D eigenvalue weighted by Gasteiger charge is -2.32. The van der Waals surface area contributed by atoms with Gasteiger partial charge in [-0.05, 0) is 49.8 Å². The molecule has 0 saturated carbocycles. The van der Waals surface area contributed by atoms with Crippen LogP contribution in [0, 0.1) is 0 Å². The van der Waals surface area contributed by atoms with Gasteiger partial charge in [0.25, 0.3) is 0 Å². The first-order valence-corrected chi connectivity index (χ1v) is 8.68. The molecular formula is C21H21NO4. The number of nitrogens with zero attached hydrogens (tertiary/aromatic N) is 1. The highest BCUT2D eigenvalue weighted by atomic mass is 16.5. The summed E-state index contributed by atoms with van der Waals surface area (Å²) in [4.78, 5) is 14.9. The van der Waals surface area contributed by atoms with Crippen LogP contribution in [0.15, 0.2) is 42.2 Å². The van der Waals surface area contributed by atoms with Gasteiger partial charge in [0, 0.05) is 12.6 Å². The van der Waals surface area contributed by atoms with Crippen LogP contribution in [0.1, 0.15) is 35.3 Å². The van der Waals surface area contributed by atoms with Crippen molar-refractivity contribution >= 4 is 11.9 Å². The maximum atomic E-state index is 12.8. The van der Waals surface area contributed by atoms with Crippen LogP contribution >= 0.6 is 0 Å². The Labute approximate surface area is 152 Å². The van der Waals surface area contributed by atoms with Crippen molar-refractivity contribution in [2.24, 2.45) is 0 Å². The number of ketones is 1. The van der Waals surface area contributed by atoms with Gasteiger partial charge in [0.05, 0.1) is 18.2 Å². The molecule has 2 aliphatic rings. The van der Waals surface area contributed by atoms with Gasteiger partial charge < -0.3 is 14.2 Å². The van der Waals surface area contributed by atoms with Crippen molar-refractivity contribution in [1.29, 1.82) is 0 Å². The molecule has 5 heteroatoms. The fourth-order valence-electron chi connectivity index (χ4n) is 3.16. The Bertz CT molecular complexity index is 884. The van der Waals surface area contributed by atoms with E-state index < -0.39 is 0 Å². The maximum absolute atomic E-state index is 12.8. The number of fused-ring (bicyclic) bond motifs is 3. The van der Waals surface area contributed by atoms with E-state index in [1.165, 1.54) is 0 Å². The molecule has 26 heavy (non-hydrogen) atoms. The molecule has 2 aliphatic heterocycles. The summed E-state index contributed by atoms with van der Waals surface area (Å²) in [5.74, 6) is 2.42. The molecule has 134 valence electrons. The number of hydrogen-bond acceptors (Lipinski definition) is 5. The van der Waals surface area contributed by atoms with E-state index in [0.29, 0.717) is 36.4 Å². The zero-order valence-electron chi connectivity index (χ0n) is 15.1. The molecule has 0 aromatic heterocycles. The average Bonchev–Trinajstić information content (AvgIpc) is 2.98. The summed E-state index contributed by atoms with van der Waals surface area (Å²) in [5, 5.41) is 0. The number of benzene rings is 2. The van der Waals surface area contributed by atoms with Gasteiger partial charge in [0.15, 0.2) is 5.76 Å². The summed E-state index contributed by atoms with van der Waals surface area (Å²) in [6, 6.07) is 11.5. The van der Waals surface area contributed by atoms with Gasteiger partial charge in [0.1, 0.15) is 24.0 Å². The molecule has 0 unspecified atom stereocenters. The standard InChI is InChI=1S/C21H21NO4/c1-13(2)22-11-17-18(25-12-22)9-8-16-20(23)19(26-21(16)17)10-14-4-6-15(24-3)7-5-14/h4-10,13H,11-12H2,1-3H3/b19-10-. The van der Waals surface area contributed by atoms with Crippen LogP contribution in [0.5, 0.6) is 17.2 Å². The van der Waals surface area contributed by atoms with Crippen LogP contribution < -0.4 is 14.2 Å². The number of carbonyl (C=O) groups is 1. The first-order chi connectivity index (χ1) is 12.6. The molecule has 0 aliphatic carbocycles. The fraction of sp³-hybridized carbons (Fsp3) is 0.286. The third-order valence-corrected chi connectivity index (χ3v) is 4.79. The zero-order valence-corrected chi connectivity index (χ0v) is 15.1. The second-order valence-electron chi connectivity index (χ2n) is 6.75. The number of ether oxygens (including phenoxy) is 3. The van der Waals surface area contributed by atoms with E-state index in [2.05, 4.69) is 18.7 Å². The SMILES string of the molecule is COc1ccc(/C=C2\Oc3c(ccc4c3CN(C(C)C)CO4)C2=O)cc1. The molecule has 0 amide bonds. The predicted octanol–water partition coefficient (Wildman–Crippen LogP) is 3.87. The molecule has 0 spiro atoms. The normalized spacial score (nSPS) is 17.7. The Hall–Kier alpha value is -2.79. The van der Waals surface area contributed by atoms with E-state index >= 15 is 0 Å². The van der Waals surface area contributed by atoms with Crippen LogP contribution in [0.4, 0.5) is 0 Å². The van der Waals surface area contributed by atoms with Crippen LogP contribution in [0.3, 0.4) is 0 Å². The highest BCUT2D eigenvalue weighted by molar-refractivity contribution is 6.15. The number of carbonyl (C=O) groups excluding carboxylic acids is 1. The molecule has 5 nitrogen and oxygen atoms in total. The van der Waals surface area contributed by atoms with Crippen LogP contribution in [-0.2, 0) is 6.54 Å². The van der Waals surface area contributed by atoms with E-state index in [0.717, 1.165) is 22.6 Å². The summed E-state index contributed by atoms with van der Waals surface area (Å²) in [5.41, 5.74) is 2.42. The molecular weight excluding hydrogens is 330 g/mol. The molecule has 0 fully saturated rings. The van der Waals surface area contributed by atoms with Crippen LogP contribution in [0.25, 0.3) is 6.08 Å². The van der Waals surface area contributed by atoms with Crippen molar-refractivity contribution in [3.63, 3.8) is 0 Å². The van der Waals surface area contributed by atoms with Crippen LogP contribution in [-0.4, -0.2) is 30.6 Å². The first-order valence-electron chi connectivity index (χ1n) is 8.68. The third kappa shape index (κ3) is 2.84. The van der Waals surface area contributed by atoms with Crippen molar-refractivity contribution in [1.82, 2.24) is 4.90 Å². The van der Waals surface area contributed by atoms with Crippen molar-refractivity contribution in [2.75, 3.05) is 13.8 Å². The van der Waals surface area contributed by atoms with E-state index in [4.69, 9.17) is 14.2 Å². The smallest absolute Gasteiger partial charge is 0.231 e. The maximum Gasteiger partial charge on any atom is 0.231 e. The topological polar surface area (TPSA) is 48.0 Å². The second-order valence-corrected chi connectivity index (χ2v) is 6.75. The Morgan fingerprint density at radius 1 is 1.15 bits per heavy atom. The first kappa shape index (κ1) is 16.7. The number of allylic oxidation sites excluding steroid dienone is 1. The Balaban J connectivity index is 1.67. The van der Waals surface area contributed by atoms with Gasteiger partial charge >= 0.3 is 0 Å². The molecule has 4 rings (SSSR count). The molecule has 2 heterocycles. The van der Waals surface area contributed by atoms with E-state index in [1.54, 1.807) is 19.3 Å². The van der Waals surface area contributed by atoms with Crippen molar-refractivity contribution in [3.8, 4) is 17.2 Å². The lowest BCUT2D eigenvalue weighted by Crippen LogP contribution is -2.37. The van der Waals surface area contributed by atoms with E-state index in [-0.39, 0.29) is 5.78 Å². The number of hydrogen-bond donors (Lipinski definition) is 0. The van der Waals surface area contributed by atoms with Crippen LogP contribution in [0.2, 0.25) is 0 Å². The molecule has 0 radical (unpaired) electrons. The van der Waals surface area contributed by atoms with Gasteiger partial charge in [0.2, 0.25) is 5.78 Å². The van der Waals surface area contributed by atoms with Gasteiger partial charge in [-0.15, -0.1) is 0 Å². The molecule has 2 aromatic carbocycles. The number of Topliss-reactive ketones (excluding diaryl/α,β-unsaturated/α-hetero) is 1. The predicted molar refractivity (Wildman–Crippen MR) is 98.5 cm³/mol. The molecule has 0 saturated heterocycles. The highest BCUT2D eigenvalue weighted by Crippen LogP contribution is 2.42. The largest absolute Gasteiger partial charge is 0.497 e. The van der Waals surface area contributed by atoms with Gasteiger partial charge in [-0.25, -0.2) is 0 Å². The number of rotatable bonds is 3. The third-order valence-electron chi connectivity index (χ3n) is 4.79. The Kier molecular flexibility index (Phi) is 4.17.